The van der Waals surface area contributed by atoms with Crippen molar-refractivity contribution < 1.29 is 14.3 Å². The molecule has 0 aliphatic carbocycles. The van der Waals surface area contributed by atoms with Crippen LogP contribution in [0.3, 0.4) is 0 Å². The third-order valence-corrected chi connectivity index (χ3v) is 3.54. The standard InChI is InChI=1S/C13H11FN2O3S/c1-8-9(14)3-2-4-10(8)16-6-5-11(17)15-13(16)20-7-12(18)19/h2-6H,7H2,1H3,(H,18,19). The number of aromatic nitrogens is 2. The van der Waals surface area contributed by atoms with Crippen molar-refractivity contribution in [3.63, 3.8) is 0 Å². The minimum Gasteiger partial charge on any atom is -0.481 e. The van der Waals surface area contributed by atoms with Gasteiger partial charge in [0.1, 0.15) is 5.82 Å². The number of aliphatic carboxylic acids is 1. The lowest BCUT2D eigenvalue weighted by Crippen LogP contribution is -2.14. The Morgan fingerprint density at radius 2 is 2.20 bits per heavy atom. The zero-order valence-electron chi connectivity index (χ0n) is 10.5. The number of hydrogen-bond acceptors (Lipinski definition) is 4. The third kappa shape index (κ3) is 3.05. The predicted molar refractivity (Wildman–Crippen MR) is 72.9 cm³/mol. The molecule has 20 heavy (non-hydrogen) atoms. The average Bonchev–Trinajstić information content (AvgIpc) is 2.40. The molecule has 7 heteroatoms. The van der Waals surface area contributed by atoms with Crippen molar-refractivity contribution >= 4 is 17.7 Å². The quantitative estimate of drug-likeness (QED) is 0.688. The fourth-order valence-electron chi connectivity index (χ4n) is 1.66. The van der Waals surface area contributed by atoms with Crippen molar-refractivity contribution in [2.75, 3.05) is 5.75 Å². The first-order valence-electron chi connectivity index (χ1n) is 5.69. The van der Waals surface area contributed by atoms with Crippen molar-refractivity contribution in [2.45, 2.75) is 12.1 Å². The van der Waals surface area contributed by atoms with Crippen molar-refractivity contribution in [1.82, 2.24) is 9.55 Å². The van der Waals surface area contributed by atoms with Crippen LogP contribution in [0.5, 0.6) is 0 Å². The zero-order chi connectivity index (χ0) is 14.7. The molecular weight excluding hydrogens is 283 g/mol. The van der Waals surface area contributed by atoms with Crippen LogP contribution < -0.4 is 5.56 Å². The average molecular weight is 294 g/mol. The van der Waals surface area contributed by atoms with Crippen molar-refractivity contribution in [2.24, 2.45) is 0 Å². The van der Waals surface area contributed by atoms with Gasteiger partial charge in [-0.05, 0) is 19.1 Å². The van der Waals surface area contributed by atoms with Crippen LogP contribution in [0.25, 0.3) is 5.69 Å². The Kier molecular flexibility index (Phi) is 4.19. The van der Waals surface area contributed by atoms with Gasteiger partial charge >= 0.3 is 5.97 Å². The summed E-state index contributed by atoms with van der Waals surface area (Å²) in [5.74, 6) is -1.63. The second-order valence-corrected chi connectivity index (χ2v) is 4.93. The molecule has 1 N–H and O–H groups in total. The molecule has 0 atom stereocenters. The van der Waals surface area contributed by atoms with Gasteiger partial charge in [0.05, 0.1) is 11.4 Å². The molecule has 0 fully saturated rings. The van der Waals surface area contributed by atoms with E-state index in [2.05, 4.69) is 4.98 Å². The summed E-state index contributed by atoms with van der Waals surface area (Å²) in [7, 11) is 0. The van der Waals surface area contributed by atoms with Crippen molar-refractivity contribution in [3.8, 4) is 5.69 Å². The van der Waals surface area contributed by atoms with Gasteiger partial charge in [-0.1, -0.05) is 17.8 Å². The fraction of sp³-hybridized carbons (Fsp3) is 0.154. The van der Waals surface area contributed by atoms with Gasteiger partial charge in [-0.25, -0.2) is 4.39 Å². The SMILES string of the molecule is Cc1c(F)cccc1-n1ccc(=O)nc1SCC(=O)O. The Labute approximate surface area is 118 Å². The lowest BCUT2D eigenvalue weighted by atomic mass is 10.2. The molecule has 1 heterocycles. The fourth-order valence-corrected chi connectivity index (χ4v) is 2.36. The number of hydrogen-bond donors (Lipinski definition) is 1. The van der Waals surface area contributed by atoms with E-state index in [9.17, 15) is 14.0 Å². The molecule has 0 spiro atoms. The molecule has 0 aliphatic rings. The maximum absolute atomic E-state index is 13.6. The first-order valence-corrected chi connectivity index (χ1v) is 6.67. The molecule has 1 aromatic carbocycles. The molecule has 0 amide bonds. The molecular formula is C13H11FN2O3S. The normalized spacial score (nSPS) is 10.5. The van der Waals surface area contributed by atoms with E-state index >= 15 is 0 Å². The second kappa shape index (κ2) is 5.87. The number of halogens is 1. The van der Waals surface area contributed by atoms with Crippen molar-refractivity contribution in [3.05, 3.63) is 52.2 Å². The molecule has 1 aromatic heterocycles. The summed E-state index contributed by atoms with van der Waals surface area (Å²) in [4.78, 5) is 25.7. The number of thioether (sulfide) groups is 1. The minimum atomic E-state index is -1.02. The highest BCUT2D eigenvalue weighted by Crippen LogP contribution is 2.22. The Bertz CT molecular complexity index is 715. The molecule has 104 valence electrons. The van der Waals surface area contributed by atoms with Gasteiger partial charge in [0.15, 0.2) is 5.16 Å². The molecule has 0 bridgehead atoms. The van der Waals surface area contributed by atoms with Crippen LogP contribution in [0.4, 0.5) is 4.39 Å². The maximum Gasteiger partial charge on any atom is 0.313 e. The summed E-state index contributed by atoms with van der Waals surface area (Å²) in [5.41, 5.74) is 0.448. The second-order valence-electron chi connectivity index (χ2n) is 3.98. The molecule has 2 aromatic rings. The van der Waals surface area contributed by atoms with Crippen LogP contribution in [-0.2, 0) is 4.79 Å². The third-order valence-electron chi connectivity index (χ3n) is 2.60. The monoisotopic (exact) mass is 294 g/mol. The number of carbonyl (C=O) groups is 1. The Balaban J connectivity index is 2.53. The number of benzene rings is 1. The van der Waals surface area contributed by atoms with E-state index in [4.69, 9.17) is 5.11 Å². The largest absolute Gasteiger partial charge is 0.481 e. The summed E-state index contributed by atoms with van der Waals surface area (Å²) >= 11 is 0.909. The number of carboxylic acids is 1. The van der Waals surface area contributed by atoms with Gasteiger partial charge in [-0.2, -0.15) is 4.98 Å². The molecule has 0 unspecified atom stereocenters. The van der Waals surface area contributed by atoms with Crippen LogP contribution in [-0.4, -0.2) is 26.4 Å². The Hall–Kier alpha value is -2.15. The molecule has 2 rings (SSSR count). The number of nitrogens with zero attached hydrogens (tertiary/aromatic N) is 2. The van der Waals surface area contributed by atoms with Crippen LogP contribution in [0.1, 0.15) is 5.56 Å². The number of rotatable bonds is 4. The van der Waals surface area contributed by atoms with E-state index < -0.39 is 11.5 Å². The van der Waals surface area contributed by atoms with Crippen LogP contribution in [0.15, 0.2) is 40.4 Å². The molecule has 0 aliphatic heterocycles. The van der Waals surface area contributed by atoms with Gasteiger partial charge in [0, 0.05) is 17.8 Å². The minimum absolute atomic E-state index is 0.216. The topological polar surface area (TPSA) is 72.2 Å². The highest BCUT2D eigenvalue weighted by molar-refractivity contribution is 7.99. The number of carboxylic acid groups (broad SMARTS) is 1. The van der Waals surface area contributed by atoms with Crippen LogP contribution in [0.2, 0.25) is 0 Å². The van der Waals surface area contributed by atoms with E-state index in [1.165, 1.54) is 22.9 Å². The summed E-state index contributed by atoms with van der Waals surface area (Å²) < 4.78 is 15.1. The Morgan fingerprint density at radius 1 is 1.45 bits per heavy atom. The molecule has 0 radical (unpaired) electrons. The van der Waals surface area contributed by atoms with Gasteiger partial charge in [-0.15, -0.1) is 0 Å². The highest BCUT2D eigenvalue weighted by atomic mass is 32.2. The first kappa shape index (κ1) is 14.3. The summed E-state index contributed by atoms with van der Waals surface area (Å²) in [6.07, 6.45) is 1.46. The Morgan fingerprint density at radius 3 is 2.90 bits per heavy atom. The summed E-state index contributed by atoms with van der Waals surface area (Å²) in [6, 6.07) is 5.80. The first-order chi connectivity index (χ1) is 9.49. The maximum atomic E-state index is 13.6. The lowest BCUT2D eigenvalue weighted by molar-refractivity contribution is -0.133. The van der Waals surface area contributed by atoms with Gasteiger partial charge in [0.25, 0.3) is 5.56 Å². The summed E-state index contributed by atoms with van der Waals surface area (Å²) in [6.45, 7) is 1.61. The molecule has 0 saturated carbocycles. The summed E-state index contributed by atoms with van der Waals surface area (Å²) in [5, 5.41) is 8.92. The van der Waals surface area contributed by atoms with E-state index in [1.807, 2.05) is 0 Å². The molecule has 0 saturated heterocycles. The van der Waals surface area contributed by atoms with Crippen molar-refractivity contribution in [1.29, 1.82) is 0 Å². The van der Waals surface area contributed by atoms with E-state index in [1.54, 1.807) is 19.1 Å². The van der Waals surface area contributed by atoms with Crippen LogP contribution in [0, 0.1) is 12.7 Å². The van der Waals surface area contributed by atoms with E-state index in [0.29, 0.717) is 11.3 Å². The van der Waals surface area contributed by atoms with E-state index in [0.717, 1.165) is 11.8 Å². The molecule has 5 nitrogen and oxygen atoms in total. The van der Waals surface area contributed by atoms with Gasteiger partial charge in [-0.3, -0.25) is 14.2 Å². The highest BCUT2D eigenvalue weighted by Gasteiger charge is 2.11. The van der Waals surface area contributed by atoms with E-state index in [-0.39, 0.29) is 16.7 Å². The van der Waals surface area contributed by atoms with Crippen LogP contribution >= 0.6 is 11.8 Å². The smallest absolute Gasteiger partial charge is 0.313 e. The predicted octanol–water partition coefficient (Wildman–Crippen LogP) is 1.86. The zero-order valence-corrected chi connectivity index (χ0v) is 11.4. The van der Waals surface area contributed by atoms with Gasteiger partial charge in [0.2, 0.25) is 0 Å². The van der Waals surface area contributed by atoms with Gasteiger partial charge < -0.3 is 5.11 Å². The lowest BCUT2D eigenvalue weighted by Gasteiger charge is -2.13.